The fraction of sp³-hybridized carbons (Fsp3) is 0.125. The van der Waals surface area contributed by atoms with E-state index in [-0.39, 0.29) is 11.0 Å². The van der Waals surface area contributed by atoms with Crippen LogP contribution in [0, 0.1) is 6.92 Å². The minimum absolute atomic E-state index is 0.196. The molecule has 1 aromatic heterocycles. The average Bonchev–Trinajstić information content (AvgIpc) is 3.22. The van der Waals surface area contributed by atoms with Crippen LogP contribution in [0.2, 0.25) is 0 Å². The van der Waals surface area contributed by atoms with E-state index in [1.165, 1.54) is 0 Å². The number of thiocarbonyl (C=S) groups is 1. The van der Waals surface area contributed by atoms with E-state index >= 15 is 0 Å². The summed E-state index contributed by atoms with van der Waals surface area (Å²) >= 11 is 5.30. The third-order valence-corrected chi connectivity index (χ3v) is 5.10. The molecule has 162 valence electrons. The Hall–Kier alpha value is -3.91. The molecule has 32 heavy (non-hydrogen) atoms. The van der Waals surface area contributed by atoms with Crippen molar-refractivity contribution in [3.63, 3.8) is 0 Å². The first kappa shape index (κ1) is 21.3. The summed E-state index contributed by atoms with van der Waals surface area (Å²) < 4.78 is 16.5. The van der Waals surface area contributed by atoms with Crippen LogP contribution in [0.25, 0.3) is 22.6 Å². The number of rotatable bonds is 5. The quantitative estimate of drug-likeness (QED) is 0.419. The van der Waals surface area contributed by atoms with Gasteiger partial charge in [0, 0.05) is 16.8 Å². The number of oxazole rings is 1. The molecular weight excluding hydrogens is 426 g/mol. The van der Waals surface area contributed by atoms with Gasteiger partial charge < -0.3 is 19.2 Å². The highest BCUT2D eigenvalue weighted by molar-refractivity contribution is 7.80. The van der Waals surface area contributed by atoms with E-state index in [1.54, 1.807) is 50.6 Å². The lowest BCUT2D eigenvalue weighted by molar-refractivity contribution is 0.0977. The number of carbonyl (C=O) groups excluding carboxylic acids is 1. The number of hydrogen-bond acceptors (Lipinski definition) is 6. The lowest BCUT2D eigenvalue weighted by atomic mass is 10.1. The summed E-state index contributed by atoms with van der Waals surface area (Å²) in [6, 6.07) is 18.2. The van der Waals surface area contributed by atoms with E-state index in [0.717, 1.165) is 11.1 Å². The van der Waals surface area contributed by atoms with E-state index in [9.17, 15) is 4.79 Å². The van der Waals surface area contributed by atoms with Crippen LogP contribution in [-0.4, -0.2) is 30.2 Å². The van der Waals surface area contributed by atoms with Gasteiger partial charge >= 0.3 is 0 Å². The summed E-state index contributed by atoms with van der Waals surface area (Å²) in [7, 11) is 3.16. The Morgan fingerprint density at radius 3 is 2.53 bits per heavy atom. The predicted molar refractivity (Wildman–Crippen MR) is 127 cm³/mol. The Bertz CT molecular complexity index is 1320. The number of hydrogen-bond donors (Lipinski definition) is 2. The zero-order valence-corrected chi connectivity index (χ0v) is 18.6. The number of benzene rings is 3. The zero-order valence-electron chi connectivity index (χ0n) is 17.8. The number of nitrogens with zero attached hydrogens (tertiary/aromatic N) is 1. The molecule has 8 heteroatoms. The molecule has 0 aliphatic heterocycles. The first-order chi connectivity index (χ1) is 15.5. The molecule has 4 aromatic rings. The summed E-state index contributed by atoms with van der Waals surface area (Å²) in [6.07, 6.45) is 0. The molecule has 0 saturated carbocycles. The second kappa shape index (κ2) is 9.07. The van der Waals surface area contributed by atoms with Gasteiger partial charge in [-0.25, -0.2) is 4.98 Å². The number of amides is 1. The van der Waals surface area contributed by atoms with Crippen LogP contribution in [0.5, 0.6) is 11.5 Å². The monoisotopic (exact) mass is 447 g/mol. The van der Waals surface area contributed by atoms with Crippen molar-refractivity contribution < 1.29 is 18.7 Å². The number of nitrogens with one attached hydrogen (secondary N) is 2. The number of fused-ring (bicyclic) bond motifs is 1. The highest BCUT2D eigenvalue weighted by Crippen LogP contribution is 2.33. The molecule has 1 amide bonds. The Morgan fingerprint density at radius 2 is 1.78 bits per heavy atom. The molecule has 1 heterocycles. The van der Waals surface area contributed by atoms with Crippen molar-refractivity contribution in [1.82, 2.24) is 10.3 Å². The van der Waals surface area contributed by atoms with Crippen LogP contribution >= 0.6 is 12.2 Å². The van der Waals surface area contributed by atoms with Crippen LogP contribution in [0.4, 0.5) is 5.69 Å². The molecule has 0 aliphatic carbocycles. The largest absolute Gasteiger partial charge is 0.493 e. The van der Waals surface area contributed by atoms with Crippen molar-refractivity contribution in [3.05, 3.63) is 71.8 Å². The number of ether oxygens (including phenoxy) is 2. The molecule has 3 aromatic carbocycles. The van der Waals surface area contributed by atoms with Crippen molar-refractivity contribution in [1.29, 1.82) is 0 Å². The lowest BCUT2D eigenvalue weighted by Gasteiger charge is -2.10. The second-order valence-corrected chi connectivity index (χ2v) is 7.40. The smallest absolute Gasteiger partial charge is 0.257 e. The molecule has 0 atom stereocenters. The maximum absolute atomic E-state index is 12.5. The maximum atomic E-state index is 12.5. The Kier molecular flexibility index (Phi) is 6.04. The molecule has 0 radical (unpaired) electrons. The van der Waals surface area contributed by atoms with Gasteiger partial charge in [-0.15, -0.1) is 0 Å². The number of aromatic nitrogens is 1. The number of carbonyl (C=O) groups is 1. The third-order valence-electron chi connectivity index (χ3n) is 4.89. The minimum Gasteiger partial charge on any atom is -0.493 e. The molecule has 0 saturated heterocycles. The van der Waals surface area contributed by atoms with Crippen molar-refractivity contribution >= 4 is 40.0 Å². The fourth-order valence-corrected chi connectivity index (χ4v) is 3.47. The normalized spacial score (nSPS) is 10.6. The summed E-state index contributed by atoms with van der Waals surface area (Å²) in [4.78, 5) is 17.0. The Morgan fingerprint density at radius 1 is 1.00 bits per heavy atom. The third kappa shape index (κ3) is 4.40. The van der Waals surface area contributed by atoms with Gasteiger partial charge in [-0.05, 0) is 67.2 Å². The highest BCUT2D eigenvalue weighted by Gasteiger charge is 2.14. The van der Waals surface area contributed by atoms with E-state index in [0.29, 0.717) is 39.7 Å². The van der Waals surface area contributed by atoms with Crippen LogP contribution in [0.1, 0.15) is 15.9 Å². The topological polar surface area (TPSA) is 85.6 Å². The number of methoxy groups -OCH3 is 2. The van der Waals surface area contributed by atoms with Crippen LogP contribution < -0.4 is 20.1 Å². The van der Waals surface area contributed by atoms with Crippen molar-refractivity contribution in [2.45, 2.75) is 6.92 Å². The van der Waals surface area contributed by atoms with Crippen LogP contribution in [-0.2, 0) is 0 Å². The first-order valence-corrected chi connectivity index (χ1v) is 10.2. The number of aryl methyl sites for hydroxylation is 1. The van der Waals surface area contributed by atoms with Gasteiger partial charge in [0.2, 0.25) is 5.89 Å². The van der Waals surface area contributed by atoms with Gasteiger partial charge in [0.1, 0.15) is 5.52 Å². The van der Waals surface area contributed by atoms with Gasteiger partial charge in [0.15, 0.2) is 22.2 Å². The lowest BCUT2D eigenvalue weighted by Crippen LogP contribution is -2.34. The van der Waals surface area contributed by atoms with E-state index < -0.39 is 0 Å². The maximum Gasteiger partial charge on any atom is 0.257 e. The second-order valence-electron chi connectivity index (χ2n) is 6.99. The molecule has 2 N–H and O–H groups in total. The molecule has 0 bridgehead atoms. The molecule has 7 nitrogen and oxygen atoms in total. The molecule has 4 rings (SSSR count). The first-order valence-electron chi connectivity index (χ1n) is 9.79. The van der Waals surface area contributed by atoms with Gasteiger partial charge in [0.25, 0.3) is 5.91 Å². The summed E-state index contributed by atoms with van der Waals surface area (Å²) in [5, 5.41) is 5.91. The Labute approximate surface area is 190 Å². The van der Waals surface area contributed by atoms with Crippen LogP contribution in [0.15, 0.2) is 65.1 Å². The fourth-order valence-electron chi connectivity index (χ4n) is 3.26. The standard InChI is InChI=1S/C24H21N3O4S/c1-14-6-4-5-7-17(14)22(28)27-24(32)25-16-9-11-19-18(13-16)26-23(31-19)15-8-10-20(29-2)21(12-15)30-3/h4-13H,1-3H3,(H2,25,27,28,32). The van der Waals surface area contributed by atoms with E-state index in [2.05, 4.69) is 15.6 Å². The van der Waals surface area contributed by atoms with E-state index in [4.69, 9.17) is 26.1 Å². The van der Waals surface area contributed by atoms with Crippen molar-refractivity contribution in [2.24, 2.45) is 0 Å². The van der Waals surface area contributed by atoms with Gasteiger partial charge in [-0.3, -0.25) is 10.1 Å². The van der Waals surface area contributed by atoms with Crippen molar-refractivity contribution in [2.75, 3.05) is 19.5 Å². The highest BCUT2D eigenvalue weighted by atomic mass is 32.1. The van der Waals surface area contributed by atoms with Crippen LogP contribution in [0.3, 0.4) is 0 Å². The van der Waals surface area contributed by atoms with Crippen molar-refractivity contribution in [3.8, 4) is 23.0 Å². The van der Waals surface area contributed by atoms with E-state index in [1.807, 2.05) is 31.2 Å². The Balaban J connectivity index is 1.51. The summed E-state index contributed by atoms with van der Waals surface area (Å²) in [6.45, 7) is 1.87. The molecule has 0 unspecified atom stereocenters. The van der Waals surface area contributed by atoms with Gasteiger partial charge in [-0.2, -0.15) is 0 Å². The number of anilines is 1. The summed E-state index contributed by atoms with van der Waals surface area (Å²) in [5.41, 5.74) is 4.15. The molecule has 0 fully saturated rings. The molecule has 0 aliphatic rings. The molecular formula is C24H21N3O4S. The average molecular weight is 448 g/mol. The van der Waals surface area contributed by atoms with Gasteiger partial charge in [0.05, 0.1) is 14.2 Å². The zero-order chi connectivity index (χ0) is 22.7. The predicted octanol–water partition coefficient (Wildman–Crippen LogP) is 4.95. The van der Waals surface area contributed by atoms with Gasteiger partial charge in [-0.1, -0.05) is 18.2 Å². The summed E-state index contributed by atoms with van der Waals surface area (Å²) in [5.74, 6) is 1.40. The SMILES string of the molecule is COc1ccc(-c2nc3cc(NC(=S)NC(=O)c4ccccc4C)ccc3o2)cc1OC. The molecule has 0 spiro atoms. The minimum atomic E-state index is -0.265.